The van der Waals surface area contributed by atoms with Gasteiger partial charge in [0.1, 0.15) is 0 Å². The summed E-state index contributed by atoms with van der Waals surface area (Å²) < 4.78 is 4.23. The van der Waals surface area contributed by atoms with Crippen LogP contribution in [0, 0.1) is 11.8 Å². The summed E-state index contributed by atoms with van der Waals surface area (Å²) in [4.78, 5) is 14.3. The lowest BCUT2D eigenvalue weighted by atomic mass is 10.0. The molecule has 5 heteroatoms. The average molecular weight is 274 g/mol. The molecule has 0 bridgehead atoms. The van der Waals surface area contributed by atoms with Gasteiger partial charge in [-0.15, -0.1) is 0 Å². The molecule has 2 rings (SSSR count). The molecule has 0 radical (unpaired) electrons. The fraction of sp³-hybridized carbons (Fsp3) is 0.929. The number of likely N-dealkylation sites (tertiary alicyclic amines) is 2. The van der Waals surface area contributed by atoms with E-state index in [9.17, 15) is 4.79 Å². The zero-order chi connectivity index (χ0) is 14.7. The van der Waals surface area contributed by atoms with Crippen molar-refractivity contribution in [2.45, 2.75) is 20.3 Å². The number of nitrogens with zero attached hydrogens (tertiary/aromatic N) is 2. The summed E-state index contributed by atoms with van der Waals surface area (Å²) in [6.07, 6.45) is 0.527. The molecule has 0 aromatic rings. The fourth-order valence-electron chi connectivity index (χ4n) is 2.66. The third-order valence-corrected chi connectivity index (χ3v) is 3.34. The maximum absolute atomic E-state index is 9.38. The number of ether oxygens (including phenoxy) is 1. The predicted molar refractivity (Wildman–Crippen MR) is 77.0 cm³/mol. The zero-order valence-electron chi connectivity index (χ0n) is 12.8. The van der Waals surface area contributed by atoms with Crippen molar-refractivity contribution in [3.63, 3.8) is 0 Å². The molecule has 2 fully saturated rings. The van der Waals surface area contributed by atoms with E-state index in [-0.39, 0.29) is 6.61 Å². The molecule has 0 aliphatic carbocycles. The number of rotatable bonds is 4. The molecular formula is C14H30N2O3. The van der Waals surface area contributed by atoms with Crippen molar-refractivity contribution < 1.29 is 14.6 Å². The van der Waals surface area contributed by atoms with Gasteiger partial charge < -0.3 is 19.6 Å². The molecule has 5 nitrogen and oxygen atoms in total. The summed E-state index contributed by atoms with van der Waals surface area (Å²) in [6, 6.07) is 0. The van der Waals surface area contributed by atoms with Gasteiger partial charge in [0, 0.05) is 39.2 Å². The molecule has 2 heterocycles. The summed E-state index contributed by atoms with van der Waals surface area (Å²) >= 11 is 0. The standard InChI is InChI=1S/C8H16N2.C4H8O3.C2H6/c1-9-3-7-5-10(2)6-8(7)4-9;5-2-1-3-7-4-6;1-2/h7-8H,3-6H2,1-2H3;4-5H,1-3H2;1-2H3. The van der Waals surface area contributed by atoms with Crippen LogP contribution in [0.2, 0.25) is 0 Å². The Bertz CT molecular complexity index is 199. The lowest BCUT2D eigenvalue weighted by Gasteiger charge is -2.12. The summed E-state index contributed by atoms with van der Waals surface area (Å²) in [5.74, 6) is 1.96. The third-order valence-electron chi connectivity index (χ3n) is 3.34. The van der Waals surface area contributed by atoms with Gasteiger partial charge in [-0.25, -0.2) is 0 Å². The van der Waals surface area contributed by atoms with E-state index in [1.165, 1.54) is 26.2 Å². The van der Waals surface area contributed by atoms with Crippen LogP contribution in [0.3, 0.4) is 0 Å². The van der Waals surface area contributed by atoms with Gasteiger partial charge in [0.05, 0.1) is 6.61 Å². The molecule has 0 amide bonds. The van der Waals surface area contributed by atoms with E-state index < -0.39 is 0 Å². The number of hydrogen-bond acceptors (Lipinski definition) is 5. The first-order valence-corrected chi connectivity index (χ1v) is 7.20. The molecule has 19 heavy (non-hydrogen) atoms. The molecule has 2 aliphatic rings. The van der Waals surface area contributed by atoms with E-state index in [4.69, 9.17) is 5.11 Å². The quantitative estimate of drug-likeness (QED) is 0.603. The summed E-state index contributed by atoms with van der Waals surface area (Å²) in [5, 5.41) is 8.10. The smallest absolute Gasteiger partial charge is 0.293 e. The van der Waals surface area contributed by atoms with Crippen molar-refractivity contribution in [3.05, 3.63) is 0 Å². The highest BCUT2D eigenvalue weighted by molar-refractivity contribution is 5.36. The van der Waals surface area contributed by atoms with Crippen LogP contribution in [-0.4, -0.2) is 74.9 Å². The molecular weight excluding hydrogens is 244 g/mol. The Hall–Kier alpha value is -0.650. The van der Waals surface area contributed by atoms with Gasteiger partial charge in [-0.2, -0.15) is 0 Å². The second kappa shape index (κ2) is 11.2. The van der Waals surface area contributed by atoms with E-state index >= 15 is 0 Å². The summed E-state index contributed by atoms with van der Waals surface area (Å²) in [6.45, 7) is 10.1. The largest absolute Gasteiger partial charge is 0.468 e. The molecule has 0 spiro atoms. The number of carbonyl (C=O) groups is 1. The number of aliphatic hydroxyl groups is 1. The Balaban J connectivity index is 0.000000321. The normalized spacial score (nSPS) is 25.7. The fourth-order valence-corrected chi connectivity index (χ4v) is 2.66. The maximum atomic E-state index is 9.38. The van der Waals surface area contributed by atoms with Crippen molar-refractivity contribution in [1.82, 2.24) is 9.80 Å². The second-order valence-electron chi connectivity index (χ2n) is 5.01. The van der Waals surface area contributed by atoms with Gasteiger partial charge in [-0.05, 0) is 25.9 Å². The first kappa shape index (κ1) is 18.4. The van der Waals surface area contributed by atoms with Gasteiger partial charge in [0.15, 0.2) is 0 Å². The van der Waals surface area contributed by atoms with Crippen molar-refractivity contribution in [3.8, 4) is 0 Å². The number of hydrogen-bond donors (Lipinski definition) is 1. The Labute approximate surface area is 117 Å². The van der Waals surface area contributed by atoms with Crippen LogP contribution in [0.1, 0.15) is 20.3 Å². The lowest BCUT2D eigenvalue weighted by molar-refractivity contribution is -0.128. The first-order valence-electron chi connectivity index (χ1n) is 7.20. The Morgan fingerprint density at radius 3 is 1.84 bits per heavy atom. The SMILES string of the molecule is CC.CN1CC2CN(C)CC2C1.O=COCCCO. The number of fused-ring (bicyclic) bond motifs is 1. The third kappa shape index (κ3) is 7.50. The minimum atomic E-state index is 0.0772. The van der Waals surface area contributed by atoms with E-state index in [1.54, 1.807) is 0 Å². The van der Waals surface area contributed by atoms with Crippen LogP contribution in [0.15, 0.2) is 0 Å². The van der Waals surface area contributed by atoms with E-state index in [0.29, 0.717) is 19.5 Å². The van der Waals surface area contributed by atoms with Crippen LogP contribution in [0.25, 0.3) is 0 Å². The second-order valence-corrected chi connectivity index (χ2v) is 5.01. The number of carbonyl (C=O) groups excluding carboxylic acids is 1. The van der Waals surface area contributed by atoms with Crippen LogP contribution < -0.4 is 0 Å². The molecule has 0 atom stereocenters. The Morgan fingerprint density at radius 1 is 1.11 bits per heavy atom. The van der Waals surface area contributed by atoms with E-state index in [0.717, 1.165) is 11.8 Å². The highest BCUT2D eigenvalue weighted by Gasteiger charge is 2.36. The molecule has 2 aliphatic heterocycles. The maximum Gasteiger partial charge on any atom is 0.293 e. The van der Waals surface area contributed by atoms with Crippen LogP contribution in [0.4, 0.5) is 0 Å². The van der Waals surface area contributed by atoms with Crippen LogP contribution >= 0.6 is 0 Å². The highest BCUT2D eigenvalue weighted by atomic mass is 16.5. The summed E-state index contributed by atoms with van der Waals surface area (Å²) in [5.41, 5.74) is 0. The van der Waals surface area contributed by atoms with Crippen molar-refractivity contribution in [2.75, 3.05) is 53.5 Å². The zero-order valence-corrected chi connectivity index (χ0v) is 12.8. The highest BCUT2D eigenvalue weighted by Crippen LogP contribution is 2.28. The molecule has 1 N–H and O–H groups in total. The van der Waals surface area contributed by atoms with Gasteiger partial charge >= 0.3 is 0 Å². The number of aliphatic hydroxyl groups excluding tert-OH is 1. The van der Waals surface area contributed by atoms with Crippen molar-refractivity contribution >= 4 is 6.47 Å². The van der Waals surface area contributed by atoms with Gasteiger partial charge in [-0.1, -0.05) is 13.8 Å². The minimum Gasteiger partial charge on any atom is -0.468 e. The van der Waals surface area contributed by atoms with Gasteiger partial charge in [0.25, 0.3) is 6.47 Å². The molecule has 2 saturated heterocycles. The first-order chi connectivity index (χ1) is 9.17. The molecule has 0 saturated carbocycles. The molecule has 0 aromatic heterocycles. The molecule has 0 aromatic carbocycles. The van der Waals surface area contributed by atoms with Crippen LogP contribution in [-0.2, 0) is 9.53 Å². The van der Waals surface area contributed by atoms with Crippen molar-refractivity contribution in [2.24, 2.45) is 11.8 Å². The minimum absolute atomic E-state index is 0.0772. The predicted octanol–water partition coefficient (Wildman–Crippen LogP) is 0.678. The summed E-state index contributed by atoms with van der Waals surface area (Å²) in [7, 11) is 4.47. The average Bonchev–Trinajstić information content (AvgIpc) is 2.89. The van der Waals surface area contributed by atoms with Crippen LogP contribution in [0.5, 0.6) is 0 Å². The topological polar surface area (TPSA) is 53.0 Å². The lowest BCUT2D eigenvalue weighted by Crippen LogP contribution is -2.23. The van der Waals surface area contributed by atoms with Gasteiger partial charge in [0.2, 0.25) is 0 Å². The monoisotopic (exact) mass is 274 g/mol. The Kier molecular flexibility index (Phi) is 10.8. The van der Waals surface area contributed by atoms with E-state index in [1.807, 2.05) is 13.8 Å². The molecule has 114 valence electrons. The molecule has 0 unspecified atom stereocenters. The van der Waals surface area contributed by atoms with Crippen molar-refractivity contribution in [1.29, 1.82) is 0 Å². The Morgan fingerprint density at radius 2 is 1.53 bits per heavy atom. The van der Waals surface area contributed by atoms with Gasteiger partial charge in [-0.3, -0.25) is 4.79 Å². The van der Waals surface area contributed by atoms with E-state index in [2.05, 4.69) is 28.6 Å².